The number of para-hydroxylation sites is 1. The molecule has 2 fully saturated rings. The van der Waals surface area contributed by atoms with Gasteiger partial charge in [-0.15, -0.1) is 24.0 Å². The molecule has 3 aromatic rings. The second-order valence-corrected chi connectivity index (χ2v) is 11.3. The van der Waals surface area contributed by atoms with Gasteiger partial charge in [0.25, 0.3) is 0 Å². The molecule has 2 aliphatic heterocycles. The van der Waals surface area contributed by atoms with Crippen LogP contribution in [0.4, 0.5) is 25.8 Å². The van der Waals surface area contributed by atoms with Crippen LogP contribution in [0.2, 0.25) is 0 Å². The van der Waals surface area contributed by atoms with Crippen molar-refractivity contribution in [2.24, 2.45) is 0 Å². The summed E-state index contributed by atoms with van der Waals surface area (Å²) in [5.41, 5.74) is 4.00. The Hall–Kier alpha value is -2.52. The molecule has 2 atom stereocenters. The van der Waals surface area contributed by atoms with Gasteiger partial charge in [0, 0.05) is 54.6 Å². The maximum Gasteiger partial charge on any atom is 0.227 e. The molecule has 3 aromatic carbocycles. The third-order valence-electron chi connectivity index (χ3n) is 8.85. The van der Waals surface area contributed by atoms with E-state index in [9.17, 15) is 13.6 Å². The zero-order valence-electron chi connectivity index (χ0n) is 22.9. The number of fused-ring (bicyclic) bond motifs is 3. The molecule has 4 nitrogen and oxygen atoms in total. The standard InChI is InChI=1S/C33H37F2N3O.HI/c34-24-13-16-28(17-14-24)38-31-18-15-25(35)22-29(31)30-23-36(21-19-32(30)38)20-7-12-33(39)37(26-8-3-1-4-9-26)27-10-5-2-6-11-27;/h1,3-4,8-9,13-18,22,27,30,32H,2,5-7,10-12,19-21,23H2;1H/t30-,32+;/m1./s1. The molecule has 7 heteroatoms. The average Bonchev–Trinajstić information content (AvgIpc) is 3.28. The molecular formula is C33H38F2IN3O. The van der Waals surface area contributed by atoms with Crippen LogP contribution in [0, 0.1) is 11.6 Å². The molecule has 1 amide bonds. The van der Waals surface area contributed by atoms with E-state index in [-0.39, 0.29) is 53.5 Å². The molecule has 3 aliphatic rings. The highest BCUT2D eigenvalue weighted by molar-refractivity contribution is 14.0. The molecule has 0 N–H and O–H groups in total. The van der Waals surface area contributed by atoms with Gasteiger partial charge in [-0.05, 0) is 92.4 Å². The van der Waals surface area contributed by atoms with Crippen LogP contribution in [0.1, 0.15) is 62.8 Å². The monoisotopic (exact) mass is 657 g/mol. The summed E-state index contributed by atoms with van der Waals surface area (Å²) in [6.45, 7) is 2.61. The fraction of sp³-hybridized carbons (Fsp3) is 0.424. The van der Waals surface area contributed by atoms with Gasteiger partial charge in [0.2, 0.25) is 5.91 Å². The van der Waals surface area contributed by atoms with E-state index in [1.165, 1.54) is 37.5 Å². The first-order chi connectivity index (χ1) is 19.1. The van der Waals surface area contributed by atoms with Crippen molar-refractivity contribution in [1.29, 1.82) is 0 Å². The lowest BCUT2D eigenvalue weighted by molar-refractivity contribution is -0.119. The number of hydrogen-bond acceptors (Lipinski definition) is 3. The Balaban J connectivity index is 0.00000323. The largest absolute Gasteiger partial charge is 0.337 e. The molecule has 6 rings (SSSR count). The molecule has 0 spiro atoms. The molecule has 212 valence electrons. The molecule has 40 heavy (non-hydrogen) atoms. The van der Waals surface area contributed by atoms with Crippen molar-refractivity contribution in [2.45, 2.75) is 69.4 Å². The van der Waals surface area contributed by atoms with Gasteiger partial charge in [0.1, 0.15) is 11.6 Å². The van der Waals surface area contributed by atoms with E-state index in [0.717, 1.165) is 67.9 Å². The number of hydrogen-bond donors (Lipinski definition) is 0. The minimum Gasteiger partial charge on any atom is -0.337 e. The lowest BCUT2D eigenvalue weighted by Gasteiger charge is -2.39. The summed E-state index contributed by atoms with van der Waals surface area (Å²) < 4.78 is 28.0. The predicted octanol–water partition coefficient (Wildman–Crippen LogP) is 8.04. The van der Waals surface area contributed by atoms with E-state index >= 15 is 0 Å². The molecule has 2 heterocycles. The van der Waals surface area contributed by atoms with E-state index in [4.69, 9.17) is 0 Å². The number of carbonyl (C=O) groups excluding carboxylic acids is 1. The van der Waals surface area contributed by atoms with Crippen molar-refractivity contribution in [1.82, 2.24) is 4.90 Å². The highest BCUT2D eigenvalue weighted by atomic mass is 127. The van der Waals surface area contributed by atoms with Crippen LogP contribution in [0.15, 0.2) is 72.8 Å². The minimum atomic E-state index is -0.257. The van der Waals surface area contributed by atoms with Crippen LogP contribution in [0.25, 0.3) is 0 Å². The van der Waals surface area contributed by atoms with E-state index in [1.807, 2.05) is 36.4 Å². The first-order valence-corrected chi connectivity index (χ1v) is 14.5. The Morgan fingerprint density at radius 2 is 1.60 bits per heavy atom. The van der Waals surface area contributed by atoms with Gasteiger partial charge in [0.15, 0.2) is 0 Å². The number of halogens is 3. The Morgan fingerprint density at radius 3 is 2.35 bits per heavy atom. The van der Waals surface area contributed by atoms with Gasteiger partial charge >= 0.3 is 0 Å². The van der Waals surface area contributed by atoms with Crippen molar-refractivity contribution in [3.05, 3.63) is 90.0 Å². The summed E-state index contributed by atoms with van der Waals surface area (Å²) in [6, 6.07) is 22.3. The van der Waals surface area contributed by atoms with Gasteiger partial charge in [-0.1, -0.05) is 37.5 Å². The number of piperidine rings is 1. The highest BCUT2D eigenvalue weighted by Crippen LogP contribution is 2.48. The summed E-state index contributed by atoms with van der Waals surface area (Å²) in [5.74, 6) is -0.0839. The molecule has 0 radical (unpaired) electrons. The van der Waals surface area contributed by atoms with Crippen molar-refractivity contribution in [2.75, 3.05) is 29.4 Å². The Bertz CT molecular complexity index is 1280. The maximum absolute atomic E-state index is 14.3. The van der Waals surface area contributed by atoms with Gasteiger partial charge in [-0.25, -0.2) is 8.78 Å². The number of likely N-dealkylation sites (tertiary alicyclic amines) is 1. The Morgan fingerprint density at radius 1 is 0.875 bits per heavy atom. The molecule has 0 unspecified atom stereocenters. The van der Waals surface area contributed by atoms with Crippen molar-refractivity contribution in [3.63, 3.8) is 0 Å². The first kappa shape index (κ1) is 29.0. The predicted molar refractivity (Wildman–Crippen MR) is 168 cm³/mol. The van der Waals surface area contributed by atoms with Gasteiger partial charge in [0.05, 0.1) is 0 Å². The fourth-order valence-corrected chi connectivity index (χ4v) is 7.04. The number of benzene rings is 3. The Kier molecular flexibility index (Phi) is 9.41. The zero-order valence-corrected chi connectivity index (χ0v) is 25.2. The van der Waals surface area contributed by atoms with Crippen molar-refractivity contribution in [3.8, 4) is 0 Å². The van der Waals surface area contributed by atoms with E-state index in [2.05, 4.69) is 26.8 Å². The topological polar surface area (TPSA) is 26.8 Å². The van der Waals surface area contributed by atoms with E-state index in [1.54, 1.807) is 6.07 Å². The maximum atomic E-state index is 14.3. The molecule has 1 saturated carbocycles. The van der Waals surface area contributed by atoms with E-state index < -0.39 is 0 Å². The summed E-state index contributed by atoms with van der Waals surface area (Å²) >= 11 is 0. The highest BCUT2D eigenvalue weighted by Gasteiger charge is 2.42. The Labute approximate surface area is 253 Å². The number of carbonyl (C=O) groups is 1. The van der Waals surface area contributed by atoms with Gasteiger partial charge in [-0.2, -0.15) is 0 Å². The number of rotatable bonds is 7. The van der Waals surface area contributed by atoms with Crippen LogP contribution >= 0.6 is 24.0 Å². The van der Waals surface area contributed by atoms with E-state index in [0.29, 0.717) is 12.5 Å². The summed E-state index contributed by atoms with van der Waals surface area (Å²) in [7, 11) is 0. The first-order valence-electron chi connectivity index (χ1n) is 14.5. The second-order valence-electron chi connectivity index (χ2n) is 11.3. The van der Waals surface area contributed by atoms with Crippen molar-refractivity contribution < 1.29 is 13.6 Å². The normalized spacial score (nSPS) is 20.9. The van der Waals surface area contributed by atoms with Crippen LogP contribution in [-0.2, 0) is 4.79 Å². The SMILES string of the molecule is I.O=C(CCCN1CC[C@H]2[C@H](C1)c1cc(F)ccc1N2c1ccc(F)cc1)N(c1ccccc1)C1CCCCC1. The van der Waals surface area contributed by atoms with Crippen LogP contribution < -0.4 is 9.80 Å². The minimum absolute atomic E-state index is 0. The zero-order chi connectivity index (χ0) is 26.8. The molecular weight excluding hydrogens is 619 g/mol. The molecule has 1 aliphatic carbocycles. The number of amides is 1. The van der Waals surface area contributed by atoms with Crippen LogP contribution in [0.3, 0.4) is 0 Å². The third-order valence-corrected chi connectivity index (χ3v) is 8.85. The second kappa shape index (κ2) is 13.0. The summed E-state index contributed by atoms with van der Waals surface area (Å²) in [6.07, 6.45) is 8.07. The molecule has 0 aromatic heterocycles. The number of nitrogens with zero attached hydrogens (tertiary/aromatic N) is 3. The number of anilines is 3. The van der Waals surface area contributed by atoms with Crippen molar-refractivity contribution >= 4 is 46.9 Å². The smallest absolute Gasteiger partial charge is 0.227 e. The van der Waals surface area contributed by atoms with Gasteiger partial charge < -0.3 is 14.7 Å². The average molecular weight is 658 g/mol. The van der Waals surface area contributed by atoms with Crippen LogP contribution in [-0.4, -0.2) is 42.5 Å². The molecule has 1 saturated heterocycles. The van der Waals surface area contributed by atoms with Crippen LogP contribution in [0.5, 0.6) is 0 Å². The molecule has 0 bridgehead atoms. The summed E-state index contributed by atoms with van der Waals surface area (Å²) in [4.78, 5) is 20.3. The lowest BCUT2D eigenvalue weighted by Crippen LogP contribution is -2.45. The fourth-order valence-electron chi connectivity index (χ4n) is 7.04. The quantitative estimate of drug-likeness (QED) is 0.241. The van der Waals surface area contributed by atoms with Gasteiger partial charge in [-0.3, -0.25) is 4.79 Å². The summed E-state index contributed by atoms with van der Waals surface area (Å²) in [5, 5.41) is 0. The third kappa shape index (κ3) is 6.05. The lowest BCUT2D eigenvalue weighted by atomic mass is 9.88.